The third-order valence-electron chi connectivity index (χ3n) is 5.05. The van der Waals surface area contributed by atoms with Gasteiger partial charge in [0.25, 0.3) is 5.91 Å². The topological polar surface area (TPSA) is 62.1 Å². The highest BCUT2D eigenvalue weighted by molar-refractivity contribution is 9.10. The Labute approximate surface area is 201 Å². The summed E-state index contributed by atoms with van der Waals surface area (Å²) in [4.78, 5) is 12.7. The van der Waals surface area contributed by atoms with Crippen molar-refractivity contribution in [2.75, 3.05) is 11.9 Å². The molecule has 0 unspecified atom stereocenters. The molecule has 0 aliphatic rings. The maximum atomic E-state index is 13.6. The fraction of sp³-hybridized carbons (Fsp3) is 0.185. The average Bonchev–Trinajstić information content (AvgIpc) is 2.76. The molecule has 33 heavy (non-hydrogen) atoms. The Bertz CT molecular complexity index is 1260. The lowest BCUT2D eigenvalue weighted by Gasteiger charge is -2.14. The van der Waals surface area contributed by atoms with E-state index in [1.165, 1.54) is 18.2 Å². The van der Waals surface area contributed by atoms with Gasteiger partial charge < -0.3 is 10.1 Å². The number of anilines is 1. The number of ether oxygens (including phenoxy) is 1. The molecule has 0 heterocycles. The van der Waals surface area contributed by atoms with E-state index in [0.717, 1.165) is 26.7 Å². The van der Waals surface area contributed by atoms with Gasteiger partial charge in [-0.1, -0.05) is 45.8 Å². The van der Waals surface area contributed by atoms with Gasteiger partial charge in [0.1, 0.15) is 23.2 Å². The first-order chi connectivity index (χ1) is 15.8. The van der Waals surface area contributed by atoms with Crippen LogP contribution in [0.3, 0.4) is 0 Å². The van der Waals surface area contributed by atoms with Gasteiger partial charge in [0.05, 0.1) is 6.61 Å². The first kappa shape index (κ1) is 24.2. The van der Waals surface area contributed by atoms with Crippen molar-refractivity contribution < 1.29 is 13.9 Å². The van der Waals surface area contributed by atoms with E-state index in [2.05, 4.69) is 21.2 Å². The second kappa shape index (κ2) is 10.9. The number of nitrogens with zero attached hydrogens (tertiary/aromatic N) is 1. The lowest BCUT2D eigenvalue weighted by Crippen LogP contribution is -2.14. The molecule has 3 aromatic rings. The molecule has 0 radical (unpaired) electrons. The Morgan fingerprint density at radius 3 is 2.64 bits per heavy atom. The summed E-state index contributed by atoms with van der Waals surface area (Å²) in [7, 11) is 0. The first-order valence-corrected chi connectivity index (χ1v) is 11.3. The Morgan fingerprint density at radius 2 is 1.97 bits per heavy atom. The van der Waals surface area contributed by atoms with Crippen molar-refractivity contribution in [3.8, 4) is 11.8 Å². The summed E-state index contributed by atoms with van der Waals surface area (Å²) in [5.41, 5.74) is 4.96. The van der Waals surface area contributed by atoms with Crippen LogP contribution in [0.25, 0.3) is 6.08 Å². The summed E-state index contributed by atoms with van der Waals surface area (Å²) in [5, 5.41) is 12.4. The van der Waals surface area contributed by atoms with Crippen LogP contribution in [0.15, 0.2) is 64.6 Å². The molecule has 0 saturated carbocycles. The van der Waals surface area contributed by atoms with Crippen molar-refractivity contribution in [2.24, 2.45) is 0 Å². The maximum Gasteiger partial charge on any atom is 0.266 e. The molecular weight excluding hydrogens is 483 g/mol. The van der Waals surface area contributed by atoms with Gasteiger partial charge in [0, 0.05) is 22.1 Å². The number of benzene rings is 3. The van der Waals surface area contributed by atoms with Crippen LogP contribution in [0.1, 0.15) is 34.7 Å². The van der Waals surface area contributed by atoms with Gasteiger partial charge in [-0.25, -0.2) is 4.39 Å². The summed E-state index contributed by atoms with van der Waals surface area (Å²) in [6.45, 7) is 6.20. The van der Waals surface area contributed by atoms with E-state index in [9.17, 15) is 14.4 Å². The monoisotopic (exact) mass is 506 g/mol. The van der Waals surface area contributed by atoms with E-state index in [1.807, 2.05) is 57.2 Å². The smallest absolute Gasteiger partial charge is 0.266 e. The summed E-state index contributed by atoms with van der Waals surface area (Å²) in [5.74, 6) is -0.175. The normalized spacial score (nSPS) is 11.1. The Hall–Kier alpha value is -3.43. The number of aryl methyl sites for hydroxylation is 2. The molecule has 0 spiro atoms. The van der Waals surface area contributed by atoms with E-state index < -0.39 is 5.91 Å². The highest BCUT2D eigenvalue weighted by Gasteiger charge is 2.15. The number of carbonyl (C=O) groups excluding carboxylic acids is 1. The van der Waals surface area contributed by atoms with Crippen molar-refractivity contribution >= 4 is 33.6 Å². The second-order valence-electron chi connectivity index (χ2n) is 7.66. The fourth-order valence-corrected chi connectivity index (χ4v) is 4.08. The Balaban J connectivity index is 1.92. The van der Waals surface area contributed by atoms with Gasteiger partial charge in [-0.15, -0.1) is 0 Å². The number of nitriles is 1. The highest BCUT2D eigenvalue weighted by atomic mass is 79.9. The molecule has 0 atom stereocenters. The zero-order valence-corrected chi connectivity index (χ0v) is 20.3. The average molecular weight is 507 g/mol. The van der Waals surface area contributed by atoms with E-state index in [0.29, 0.717) is 30.0 Å². The molecule has 3 rings (SSSR count). The van der Waals surface area contributed by atoms with Gasteiger partial charge >= 0.3 is 0 Å². The summed E-state index contributed by atoms with van der Waals surface area (Å²) in [6, 6.07) is 17.7. The van der Waals surface area contributed by atoms with E-state index in [-0.39, 0.29) is 11.4 Å². The molecule has 0 aromatic heterocycles. The van der Waals surface area contributed by atoms with Crippen LogP contribution in [0.4, 0.5) is 10.1 Å². The number of carbonyl (C=O) groups is 1. The van der Waals surface area contributed by atoms with Crippen molar-refractivity contribution in [2.45, 2.75) is 27.2 Å². The number of hydrogen-bond acceptors (Lipinski definition) is 3. The van der Waals surface area contributed by atoms with Gasteiger partial charge in [0.2, 0.25) is 0 Å². The molecule has 0 bridgehead atoms. The van der Waals surface area contributed by atoms with Crippen LogP contribution in [0.2, 0.25) is 0 Å². The highest BCUT2D eigenvalue weighted by Crippen LogP contribution is 2.32. The quantitative estimate of drug-likeness (QED) is 0.285. The molecule has 6 heteroatoms. The fourth-order valence-electron chi connectivity index (χ4n) is 3.48. The van der Waals surface area contributed by atoms with E-state index in [1.54, 1.807) is 12.1 Å². The predicted molar refractivity (Wildman–Crippen MR) is 133 cm³/mol. The molecule has 1 N–H and O–H groups in total. The summed E-state index contributed by atoms with van der Waals surface area (Å²) >= 11 is 3.58. The molecule has 0 aliphatic heterocycles. The van der Waals surface area contributed by atoms with Crippen LogP contribution in [0.5, 0.6) is 5.75 Å². The lowest BCUT2D eigenvalue weighted by molar-refractivity contribution is -0.112. The zero-order chi connectivity index (χ0) is 24.0. The number of hydrogen-bond donors (Lipinski definition) is 1. The number of halogens is 2. The minimum absolute atomic E-state index is 0.0257. The number of nitrogens with one attached hydrogen (secondary N) is 1. The largest absolute Gasteiger partial charge is 0.494 e. The Kier molecular flexibility index (Phi) is 8.02. The minimum Gasteiger partial charge on any atom is -0.494 e. The van der Waals surface area contributed by atoms with Gasteiger partial charge in [-0.05, 0) is 73.9 Å². The molecule has 0 fully saturated rings. The molecule has 168 valence electrons. The second-order valence-corrected chi connectivity index (χ2v) is 8.52. The molecule has 1 amide bonds. The third kappa shape index (κ3) is 6.30. The van der Waals surface area contributed by atoms with E-state index >= 15 is 0 Å². The third-order valence-corrected chi connectivity index (χ3v) is 5.76. The van der Waals surface area contributed by atoms with Crippen LogP contribution in [-0.2, 0) is 11.2 Å². The van der Waals surface area contributed by atoms with Crippen molar-refractivity contribution in [3.63, 3.8) is 0 Å². The maximum absolute atomic E-state index is 13.6. The van der Waals surface area contributed by atoms with E-state index in [4.69, 9.17) is 4.74 Å². The van der Waals surface area contributed by atoms with Crippen LogP contribution in [0, 0.1) is 31.0 Å². The number of rotatable bonds is 7. The Morgan fingerprint density at radius 1 is 1.18 bits per heavy atom. The van der Waals surface area contributed by atoms with Gasteiger partial charge in [-0.2, -0.15) is 5.26 Å². The van der Waals surface area contributed by atoms with Gasteiger partial charge in [-0.3, -0.25) is 4.79 Å². The summed E-state index contributed by atoms with van der Waals surface area (Å²) < 4.78 is 20.2. The predicted octanol–water partition coefficient (Wildman–Crippen LogP) is 6.74. The SMILES string of the molecule is CCOc1cc(/C=C(\C#N)C(=O)Nc2ccc(C)cc2C)cc(Br)c1Cc1cccc(F)c1. The number of amides is 1. The molecule has 3 aromatic carbocycles. The van der Waals surface area contributed by atoms with Crippen LogP contribution >= 0.6 is 15.9 Å². The van der Waals surface area contributed by atoms with Crippen molar-refractivity contribution in [3.05, 3.63) is 98.3 Å². The zero-order valence-electron chi connectivity index (χ0n) is 18.7. The standard InChI is InChI=1S/C27H24BrFN2O2/c1-4-33-26-15-20(14-24(28)23(26)13-19-6-5-7-22(29)12-19)11-21(16-30)27(32)31-25-9-8-17(2)10-18(25)3/h5-12,14-15H,4,13H2,1-3H3,(H,31,32)/b21-11+. The van der Waals surface area contributed by atoms with Crippen molar-refractivity contribution in [1.29, 1.82) is 5.26 Å². The first-order valence-electron chi connectivity index (χ1n) is 10.5. The molecular formula is C27H24BrFN2O2. The van der Waals surface area contributed by atoms with Gasteiger partial charge in [0.15, 0.2) is 0 Å². The molecule has 0 saturated heterocycles. The van der Waals surface area contributed by atoms with Crippen LogP contribution in [-0.4, -0.2) is 12.5 Å². The lowest BCUT2D eigenvalue weighted by atomic mass is 10.0. The van der Waals surface area contributed by atoms with Crippen molar-refractivity contribution in [1.82, 2.24) is 0 Å². The van der Waals surface area contributed by atoms with Crippen LogP contribution < -0.4 is 10.1 Å². The minimum atomic E-state index is -0.484. The molecule has 4 nitrogen and oxygen atoms in total. The molecule has 0 aliphatic carbocycles. The summed E-state index contributed by atoms with van der Waals surface area (Å²) in [6.07, 6.45) is 1.99.